The molecule has 0 spiro atoms. The Kier molecular flexibility index (Phi) is 8.00. The fraction of sp³-hybridized carbons (Fsp3) is 0.517. The number of carbonyl (C=O) groups is 2. The summed E-state index contributed by atoms with van der Waals surface area (Å²) in [5.41, 5.74) is 1.37. The van der Waals surface area contributed by atoms with Crippen molar-refractivity contribution in [3.63, 3.8) is 0 Å². The molecule has 192 valence electrons. The summed E-state index contributed by atoms with van der Waals surface area (Å²) in [6, 6.07) is 7.09. The molecular weight excluding hydrogens is 444 g/mol. The van der Waals surface area contributed by atoms with Crippen molar-refractivity contribution in [3.8, 4) is 11.5 Å². The molecule has 0 aliphatic carbocycles. The maximum atomic E-state index is 12.7. The second kappa shape index (κ2) is 9.92. The molecule has 0 saturated carbocycles. The van der Waals surface area contributed by atoms with Gasteiger partial charge >= 0.3 is 11.9 Å². The van der Waals surface area contributed by atoms with Crippen LogP contribution in [0, 0.1) is 0 Å². The van der Waals surface area contributed by atoms with Crippen LogP contribution in [0.2, 0.25) is 0 Å². The van der Waals surface area contributed by atoms with E-state index in [1.807, 2.05) is 67.5 Å². The molecule has 0 bridgehead atoms. The molecule has 0 saturated heterocycles. The largest absolute Gasteiger partial charge is 0.507 e. The molecule has 2 rings (SSSR count). The summed E-state index contributed by atoms with van der Waals surface area (Å²) in [5.74, 6) is -1.38. The average Bonchev–Trinajstić information content (AvgIpc) is 2.72. The second-order valence-corrected chi connectivity index (χ2v) is 11.4. The summed E-state index contributed by atoms with van der Waals surface area (Å²) in [6.45, 7) is 19.5. The van der Waals surface area contributed by atoms with Gasteiger partial charge in [0.2, 0.25) is 0 Å². The minimum absolute atomic E-state index is 0.0937. The fourth-order valence-electron chi connectivity index (χ4n) is 4.03. The predicted molar refractivity (Wildman–Crippen MR) is 138 cm³/mol. The first-order valence-corrected chi connectivity index (χ1v) is 12.1. The predicted octanol–water partition coefficient (Wildman–Crippen LogP) is 6.37. The van der Waals surface area contributed by atoms with Crippen molar-refractivity contribution in [1.29, 1.82) is 0 Å². The summed E-state index contributed by atoms with van der Waals surface area (Å²) in [6.07, 6.45) is 0. The zero-order chi connectivity index (χ0) is 26.9. The zero-order valence-electron chi connectivity index (χ0n) is 22.8. The van der Waals surface area contributed by atoms with E-state index in [9.17, 15) is 19.8 Å². The van der Waals surface area contributed by atoms with Crippen molar-refractivity contribution in [3.05, 3.63) is 57.6 Å². The van der Waals surface area contributed by atoms with Crippen LogP contribution < -0.4 is 0 Å². The van der Waals surface area contributed by atoms with Gasteiger partial charge in [0, 0.05) is 16.5 Å². The van der Waals surface area contributed by atoms with Gasteiger partial charge in [-0.3, -0.25) is 0 Å². The van der Waals surface area contributed by atoms with Gasteiger partial charge in [0.05, 0.1) is 13.2 Å². The third kappa shape index (κ3) is 5.80. The molecule has 0 atom stereocenters. The van der Waals surface area contributed by atoms with Crippen molar-refractivity contribution >= 4 is 11.9 Å². The Bertz CT molecular complexity index is 1030. The molecule has 0 radical (unpaired) electrons. The van der Waals surface area contributed by atoms with Gasteiger partial charge in [-0.15, -0.1) is 0 Å². The molecule has 2 aromatic carbocycles. The highest BCUT2D eigenvalue weighted by molar-refractivity contribution is 5.94. The van der Waals surface area contributed by atoms with E-state index in [4.69, 9.17) is 9.47 Å². The van der Waals surface area contributed by atoms with Crippen LogP contribution in [-0.4, -0.2) is 35.4 Å². The smallest absolute Gasteiger partial charge is 0.341 e. The lowest BCUT2D eigenvalue weighted by molar-refractivity contribution is 0.0512. The first-order valence-electron chi connectivity index (χ1n) is 12.1. The summed E-state index contributed by atoms with van der Waals surface area (Å²) in [5, 5.41) is 21.9. The van der Waals surface area contributed by atoms with Crippen molar-refractivity contribution in [2.24, 2.45) is 0 Å². The fourth-order valence-corrected chi connectivity index (χ4v) is 4.03. The monoisotopic (exact) mass is 484 g/mol. The lowest BCUT2D eigenvalue weighted by Crippen LogP contribution is -2.24. The van der Waals surface area contributed by atoms with Crippen LogP contribution in [0.5, 0.6) is 11.5 Å². The van der Waals surface area contributed by atoms with E-state index in [-0.39, 0.29) is 35.8 Å². The Morgan fingerprint density at radius 1 is 0.657 bits per heavy atom. The van der Waals surface area contributed by atoms with Crippen LogP contribution >= 0.6 is 0 Å². The van der Waals surface area contributed by atoms with Crippen molar-refractivity contribution in [2.45, 2.75) is 85.5 Å². The van der Waals surface area contributed by atoms with E-state index in [1.165, 1.54) is 0 Å². The summed E-state index contributed by atoms with van der Waals surface area (Å²) in [7, 11) is 0. The normalized spacial score (nSPS) is 12.4. The number of rotatable bonds is 6. The number of phenols is 2. The van der Waals surface area contributed by atoms with Crippen LogP contribution in [0.15, 0.2) is 24.3 Å². The summed E-state index contributed by atoms with van der Waals surface area (Å²) >= 11 is 0. The maximum Gasteiger partial charge on any atom is 0.341 e. The Balaban J connectivity index is 2.89. The molecule has 0 amide bonds. The molecule has 0 unspecified atom stereocenters. The molecule has 2 N–H and O–H groups in total. The van der Waals surface area contributed by atoms with E-state index in [0.717, 1.165) is 11.1 Å². The molecule has 0 aliphatic rings. The molecule has 2 aromatic rings. The molecule has 0 heterocycles. The zero-order valence-corrected chi connectivity index (χ0v) is 22.8. The first kappa shape index (κ1) is 28.2. The number of hydrogen-bond acceptors (Lipinski definition) is 6. The van der Waals surface area contributed by atoms with Crippen LogP contribution in [0.25, 0.3) is 0 Å². The molecular formula is C29H40O6. The lowest BCUT2D eigenvalue weighted by Gasteiger charge is -2.32. The van der Waals surface area contributed by atoms with Gasteiger partial charge in [-0.1, -0.05) is 67.5 Å². The average molecular weight is 485 g/mol. The van der Waals surface area contributed by atoms with Crippen molar-refractivity contribution in [1.82, 2.24) is 0 Å². The van der Waals surface area contributed by atoms with Gasteiger partial charge < -0.3 is 19.7 Å². The minimum Gasteiger partial charge on any atom is -0.507 e. The number of aromatic hydroxyl groups is 2. The van der Waals surface area contributed by atoms with Gasteiger partial charge in [-0.2, -0.15) is 0 Å². The highest BCUT2D eigenvalue weighted by atomic mass is 16.5. The first-order chi connectivity index (χ1) is 16.0. The van der Waals surface area contributed by atoms with E-state index in [2.05, 4.69) is 0 Å². The van der Waals surface area contributed by atoms with E-state index in [0.29, 0.717) is 11.1 Å². The van der Waals surface area contributed by atoms with Crippen LogP contribution in [0.3, 0.4) is 0 Å². The number of ether oxygens (including phenoxy) is 2. The third-order valence-electron chi connectivity index (χ3n) is 6.27. The Labute approximate surface area is 209 Å². The number of benzene rings is 2. The Morgan fingerprint density at radius 3 is 1.23 bits per heavy atom. The highest BCUT2D eigenvalue weighted by Gasteiger charge is 2.33. The number of phenolic OH excluding ortho intramolecular Hbond substituents is 2. The highest BCUT2D eigenvalue weighted by Crippen LogP contribution is 2.43. The number of esters is 2. The quantitative estimate of drug-likeness (QED) is 0.463. The third-order valence-corrected chi connectivity index (χ3v) is 6.27. The molecule has 0 aliphatic heterocycles. The van der Waals surface area contributed by atoms with Gasteiger partial charge in [0.1, 0.15) is 22.6 Å². The topological polar surface area (TPSA) is 93.1 Å². The van der Waals surface area contributed by atoms with Crippen LogP contribution in [0.4, 0.5) is 0 Å². The van der Waals surface area contributed by atoms with E-state index < -0.39 is 28.2 Å². The second-order valence-electron chi connectivity index (χ2n) is 11.4. The van der Waals surface area contributed by atoms with Gasteiger partial charge in [-0.25, -0.2) is 9.59 Å². The Hall–Kier alpha value is -3.02. The molecule has 6 heteroatoms. The van der Waals surface area contributed by atoms with Gasteiger partial charge in [0.15, 0.2) is 0 Å². The van der Waals surface area contributed by atoms with Gasteiger partial charge in [-0.05, 0) is 47.9 Å². The number of carbonyl (C=O) groups excluding carboxylic acids is 2. The number of hydrogen-bond donors (Lipinski definition) is 2. The molecule has 6 nitrogen and oxygen atoms in total. The summed E-state index contributed by atoms with van der Waals surface area (Å²) in [4.78, 5) is 25.5. The van der Waals surface area contributed by atoms with Crippen LogP contribution in [0.1, 0.15) is 112 Å². The van der Waals surface area contributed by atoms with Gasteiger partial charge in [0.25, 0.3) is 0 Å². The van der Waals surface area contributed by atoms with Crippen LogP contribution in [-0.2, 0) is 25.7 Å². The SMILES string of the molecule is CCOC(=O)c1cc(C(C)(C)c2cc(C(=O)OCC)c(O)c(C(C)(C)C)c2)cc(C(C)(C)C)c1O. The maximum absolute atomic E-state index is 12.7. The molecule has 0 fully saturated rings. The van der Waals surface area contributed by atoms with Crippen molar-refractivity contribution < 1.29 is 29.3 Å². The lowest BCUT2D eigenvalue weighted by atomic mass is 9.72. The standard InChI is InChI=1S/C29H40O6/c1-11-34-25(32)19-13-17(15-21(23(19)30)27(3,4)5)29(9,10)18-14-20(26(33)35-12-2)24(31)22(16-18)28(6,7)8/h13-16,30-31H,11-12H2,1-10H3. The van der Waals surface area contributed by atoms with E-state index in [1.54, 1.807) is 26.0 Å². The minimum atomic E-state index is -0.704. The summed E-state index contributed by atoms with van der Waals surface area (Å²) < 4.78 is 10.4. The van der Waals surface area contributed by atoms with E-state index >= 15 is 0 Å². The van der Waals surface area contributed by atoms with Crippen molar-refractivity contribution in [2.75, 3.05) is 13.2 Å². The Morgan fingerprint density at radius 2 is 0.971 bits per heavy atom. The molecule has 0 aromatic heterocycles. The molecule has 35 heavy (non-hydrogen) atoms.